The van der Waals surface area contributed by atoms with Crippen molar-refractivity contribution < 1.29 is 13.2 Å². The molecule has 1 saturated carbocycles. The molecule has 1 aliphatic rings. The molecular weight excluding hydrogens is 302 g/mol. The molecule has 122 valence electrons. The third kappa shape index (κ3) is 3.48. The van der Waals surface area contributed by atoms with Crippen molar-refractivity contribution in [1.29, 1.82) is 0 Å². The van der Waals surface area contributed by atoms with Gasteiger partial charge in [0.1, 0.15) is 0 Å². The monoisotopic (exact) mass is 325 g/mol. The van der Waals surface area contributed by atoms with Crippen molar-refractivity contribution in [3.63, 3.8) is 0 Å². The second kappa shape index (κ2) is 6.36. The zero-order valence-electron chi connectivity index (χ0n) is 13.0. The van der Waals surface area contributed by atoms with Crippen molar-refractivity contribution in [3.8, 4) is 0 Å². The molecule has 4 N–H and O–H groups in total. The van der Waals surface area contributed by atoms with Crippen LogP contribution >= 0.6 is 0 Å². The Labute approximate surface area is 131 Å². The zero-order chi connectivity index (χ0) is 16.4. The number of hydrogen-bond donors (Lipinski definition) is 3. The largest absolute Gasteiger partial charge is 0.324 e. The molecule has 7 heteroatoms. The van der Waals surface area contributed by atoms with Gasteiger partial charge < -0.3 is 11.1 Å². The normalized spacial score (nSPS) is 18.0. The lowest BCUT2D eigenvalue weighted by atomic mass is 9.82. The molecule has 0 spiro atoms. The van der Waals surface area contributed by atoms with Crippen molar-refractivity contribution in [2.75, 3.05) is 12.4 Å². The number of nitrogens with one attached hydrogen (secondary N) is 2. The van der Waals surface area contributed by atoms with Gasteiger partial charge in [0.05, 0.1) is 10.4 Å². The first kappa shape index (κ1) is 16.9. The molecular formula is C15H23N3O3S. The molecule has 0 saturated heterocycles. The molecule has 1 aromatic carbocycles. The van der Waals surface area contributed by atoms with E-state index >= 15 is 0 Å². The van der Waals surface area contributed by atoms with Crippen LogP contribution in [0.2, 0.25) is 0 Å². The molecule has 1 amide bonds. The number of carbonyl (C=O) groups is 1. The molecule has 1 aliphatic carbocycles. The van der Waals surface area contributed by atoms with Gasteiger partial charge in [-0.3, -0.25) is 4.79 Å². The van der Waals surface area contributed by atoms with E-state index in [2.05, 4.69) is 10.0 Å². The van der Waals surface area contributed by atoms with Crippen LogP contribution in [-0.4, -0.2) is 26.9 Å². The smallest absolute Gasteiger partial charge is 0.244 e. The van der Waals surface area contributed by atoms with Gasteiger partial charge in [-0.15, -0.1) is 0 Å². The molecule has 0 unspecified atom stereocenters. The molecule has 0 heterocycles. The number of aryl methyl sites for hydroxylation is 1. The van der Waals surface area contributed by atoms with Crippen LogP contribution in [-0.2, 0) is 14.8 Å². The quantitative estimate of drug-likeness (QED) is 0.781. The summed E-state index contributed by atoms with van der Waals surface area (Å²) in [6.45, 7) is 1.71. The van der Waals surface area contributed by atoms with Crippen LogP contribution in [0.25, 0.3) is 0 Å². The van der Waals surface area contributed by atoms with E-state index in [9.17, 15) is 13.2 Å². The molecule has 0 aliphatic heterocycles. The Morgan fingerprint density at radius 2 is 1.86 bits per heavy atom. The van der Waals surface area contributed by atoms with Gasteiger partial charge in [-0.1, -0.05) is 25.3 Å². The Morgan fingerprint density at radius 3 is 2.45 bits per heavy atom. The summed E-state index contributed by atoms with van der Waals surface area (Å²) in [6, 6.07) is 4.82. The van der Waals surface area contributed by atoms with Crippen LogP contribution in [0.1, 0.15) is 37.7 Å². The minimum absolute atomic E-state index is 0.155. The second-order valence-corrected chi connectivity index (χ2v) is 7.71. The Hall–Kier alpha value is -1.44. The first-order valence-electron chi connectivity index (χ1n) is 7.43. The summed E-state index contributed by atoms with van der Waals surface area (Å²) in [6.07, 6.45) is 4.30. The minimum atomic E-state index is -3.56. The molecule has 0 bridgehead atoms. The topological polar surface area (TPSA) is 101 Å². The highest BCUT2D eigenvalue weighted by atomic mass is 32.2. The summed E-state index contributed by atoms with van der Waals surface area (Å²) in [5.41, 5.74) is 6.39. The Morgan fingerprint density at radius 1 is 1.23 bits per heavy atom. The second-order valence-electron chi connectivity index (χ2n) is 5.86. The lowest BCUT2D eigenvalue weighted by molar-refractivity contribution is -0.122. The van der Waals surface area contributed by atoms with E-state index in [4.69, 9.17) is 5.73 Å². The summed E-state index contributed by atoms with van der Waals surface area (Å²) in [5, 5.41) is 2.76. The average molecular weight is 325 g/mol. The maximum Gasteiger partial charge on any atom is 0.244 e. The number of benzene rings is 1. The Bertz CT molecular complexity index is 665. The van der Waals surface area contributed by atoms with Gasteiger partial charge in [-0.25, -0.2) is 13.1 Å². The van der Waals surface area contributed by atoms with E-state index in [1.807, 2.05) is 0 Å². The third-order valence-corrected chi connectivity index (χ3v) is 5.76. The number of nitrogens with two attached hydrogens (primary N) is 1. The Balaban J connectivity index is 2.24. The molecule has 1 aromatic rings. The molecule has 0 aromatic heterocycles. The molecule has 2 rings (SSSR count). The first-order valence-corrected chi connectivity index (χ1v) is 8.91. The van der Waals surface area contributed by atoms with E-state index in [1.54, 1.807) is 19.1 Å². The van der Waals surface area contributed by atoms with Crippen LogP contribution in [0, 0.1) is 6.92 Å². The van der Waals surface area contributed by atoms with E-state index < -0.39 is 15.6 Å². The fraction of sp³-hybridized carbons (Fsp3) is 0.533. The fourth-order valence-corrected chi connectivity index (χ4v) is 3.74. The van der Waals surface area contributed by atoms with E-state index in [1.165, 1.54) is 13.1 Å². The van der Waals surface area contributed by atoms with Gasteiger partial charge in [-0.05, 0) is 44.5 Å². The highest BCUT2D eigenvalue weighted by molar-refractivity contribution is 7.89. The fourth-order valence-electron chi connectivity index (χ4n) is 2.74. The van der Waals surface area contributed by atoms with Gasteiger partial charge >= 0.3 is 0 Å². The van der Waals surface area contributed by atoms with Gasteiger partial charge in [0.25, 0.3) is 0 Å². The first-order chi connectivity index (χ1) is 10.3. The molecule has 1 fully saturated rings. The standard InChI is InChI=1S/C15H23N3O3S/c1-11-6-7-12(10-13(11)22(20,21)17-2)18-14(19)15(16)8-4-3-5-9-15/h6-7,10,17H,3-5,8-9,16H2,1-2H3,(H,18,19). The number of sulfonamides is 1. The van der Waals surface area contributed by atoms with Crippen molar-refractivity contribution in [1.82, 2.24) is 4.72 Å². The van der Waals surface area contributed by atoms with Crippen molar-refractivity contribution in [2.45, 2.75) is 49.5 Å². The number of hydrogen-bond acceptors (Lipinski definition) is 4. The third-order valence-electron chi connectivity index (χ3n) is 4.20. The number of carbonyl (C=O) groups excluding carboxylic acids is 1. The van der Waals surface area contributed by atoms with Gasteiger partial charge in [0.15, 0.2) is 0 Å². The number of amides is 1. The lowest BCUT2D eigenvalue weighted by Gasteiger charge is -2.31. The minimum Gasteiger partial charge on any atom is -0.324 e. The van der Waals surface area contributed by atoms with Crippen LogP contribution < -0.4 is 15.8 Å². The van der Waals surface area contributed by atoms with Gasteiger partial charge in [-0.2, -0.15) is 0 Å². The van der Waals surface area contributed by atoms with Gasteiger partial charge in [0.2, 0.25) is 15.9 Å². The van der Waals surface area contributed by atoms with Crippen LogP contribution in [0.3, 0.4) is 0 Å². The van der Waals surface area contributed by atoms with E-state index in [-0.39, 0.29) is 10.8 Å². The summed E-state index contributed by atoms with van der Waals surface area (Å²) in [4.78, 5) is 12.6. The van der Waals surface area contributed by atoms with Crippen molar-refractivity contribution in [2.24, 2.45) is 5.73 Å². The maximum absolute atomic E-state index is 12.4. The highest BCUT2D eigenvalue weighted by Gasteiger charge is 2.35. The Kier molecular flexibility index (Phi) is 4.89. The number of anilines is 1. The zero-order valence-corrected chi connectivity index (χ0v) is 13.8. The van der Waals surface area contributed by atoms with E-state index in [0.717, 1.165) is 19.3 Å². The van der Waals surface area contributed by atoms with Crippen molar-refractivity contribution >= 4 is 21.6 Å². The summed E-state index contributed by atoms with van der Waals surface area (Å²) >= 11 is 0. The predicted octanol–water partition coefficient (Wildman–Crippen LogP) is 1.50. The lowest BCUT2D eigenvalue weighted by Crippen LogP contribution is -2.52. The van der Waals surface area contributed by atoms with Crippen LogP contribution in [0.5, 0.6) is 0 Å². The van der Waals surface area contributed by atoms with Gasteiger partial charge in [0, 0.05) is 5.69 Å². The molecule has 0 radical (unpaired) electrons. The summed E-state index contributed by atoms with van der Waals surface area (Å²) in [5.74, 6) is -0.246. The highest BCUT2D eigenvalue weighted by Crippen LogP contribution is 2.28. The molecule has 22 heavy (non-hydrogen) atoms. The summed E-state index contributed by atoms with van der Waals surface area (Å²) in [7, 11) is -2.20. The number of rotatable bonds is 4. The molecule has 6 nitrogen and oxygen atoms in total. The predicted molar refractivity (Wildman–Crippen MR) is 86.1 cm³/mol. The van der Waals surface area contributed by atoms with Crippen LogP contribution in [0.15, 0.2) is 23.1 Å². The summed E-state index contributed by atoms with van der Waals surface area (Å²) < 4.78 is 26.2. The van der Waals surface area contributed by atoms with Crippen molar-refractivity contribution in [3.05, 3.63) is 23.8 Å². The molecule has 0 atom stereocenters. The maximum atomic E-state index is 12.4. The van der Waals surface area contributed by atoms with E-state index in [0.29, 0.717) is 24.1 Å². The SMILES string of the molecule is CNS(=O)(=O)c1cc(NC(=O)C2(N)CCCCC2)ccc1C. The average Bonchev–Trinajstić information content (AvgIpc) is 2.49. The van der Waals surface area contributed by atoms with Crippen LogP contribution in [0.4, 0.5) is 5.69 Å².